The van der Waals surface area contributed by atoms with Crippen molar-refractivity contribution in [1.82, 2.24) is 0 Å². The second kappa shape index (κ2) is 48.3. The Morgan fingerprint density at radius 3 is 0.949 bits per heavy atom. The third kappa shape index (κ3) is 46.5. The van der Waals surface area contributed by atoms with Gasteiger partial charge >= 0.3 is 17.9 Å². The molecule has 0 aromatic rings. The largest absolute Gasteiger partial charge is 0.462 e. The minimum absolute atomic E-state index is 0.0713. The molecular formula is C53H96O6. The molecule has 0 aromatic carbocycles. The second-order valence-corrected chi connectivity index (χ2v) is 17.1. The van der Waals surface area contributed by atoms with Crippen LogP contribution in [0.25, 0.3) is 0 Å². The van der Waals surface area contributed by atoms with Crippen molar-refractivity contribution in [3.8, 4) is 0 Å². The van der Waals surface area contributed by atoms with Crippen molar-refractivity contribution in [2.75, 3.05) is 13.2 Å². The number of carbonyl (C=O) groups excluding carboxylic acids is 3. The average Bonchev–Trinajstić information content (AvgIpc) is 3.23. The first-order valence-corrected chi connectivity index (χ1v) is 25.5. The summed E-state index contributed by atoms with van der Waals surface area (Å²) >= 11 is 0. The quantitative estimate of drug-likeness (QED) is 0.0263. The fraction of sp³-hybridized carbons (Fsp3) is 0.830. The van der Waals surface area contributed by atoms with Crippen LogP contribution in [0.3, 0.4) is 0 Å². The van der Waals surface area contributed by atoms with Gasteiger partial charge in [0, 0.05) is 19.3 Å². The maximum Gasteiger partial charge on any atom is 0.306 e. The number of ether oxygens (including phenoxy) is 3. The average molecular weight is 829 g/mol. The zero-order chi connectivity index (χ0) is 43.0. The lowest BCUT2D eigenvalue weighted by Crippen LogP contribution is -2.30. The van der Waals surface area contributed by atoms with Crippen LogP contribution in [-0.4, -0.2) is 37.2 Å². The summed E-state index contributed by atoms with van der Waals surface area (Å²) in [6.45, 7) is 6.59. The van der Waals surface area contributed by atoms with E-state index in [0.717, 1.165) is 77.0 Å². The van der Waals surface area contributed by atoms with Gasteiger partial charge in [-0.05, 0) is 57.8 Å². The summed E-state index contributed by atoms with van der Waals surface area (Å²) in [5.74, 6) is -0.877. The van der Waals surface area contributed by atoms with Crippen LogP contribution in [0.2, 0.25) is 0 Å². The fourth-order valence-electron chi connectivity index (χ4n) is 7.27. The molecule has 6 nitrogen and oxygen atoms in total. The molecule has 0 aromatic heterocycles. The van der Waals surface area contributed by atoms with E-state index in [9.17, 15) is 14.4 Å². The van der Waals surface area contributed by atoms with Crippen molar-refractivity contribution in [3.63, 3.8) is 0 Å². The highest BCUT2D eigenvalue weighted by molar-refractivity contribution is 5.71. The molecular weight excluding hydrogens is 733 g/mol. The SMILES string of the molecule is CCCCCCC/C=C\C/C=C\C/C=C\CCCCCCCCCCC(=O)OCC(COC(=O)CCCCCCCCCCC)OC(=O)CCCCCCCCCCC. The summed E-state index contributed by atoms with van der Waals surface area (Å²) in [5.41, 5.74) is 0. The van der Waals surface area contributed by atoms with E-state index in [1.165, 1.54) is 148 Å². The minimum atomic E-state index is -0.767. The minimum Gasteiger partial charge on any atom is -0.462 e. The molecule has 1 unspecified atom stereocenters. The van der Waals surface area contributed by atoms with Crippen molar-refractivity contribution in [1.29, 1.82) is 0 Å². The molecule has 0 bridgehead atoms. The zero-order valence-electron chi connectivity index (χ0n) is 39.3. The van der Waals surface area contributed by atoms with Gasteiger partial charge in [-0.2, -0.15) is 0 Å². The van der Waals surface area contributed by atoms with Crippen LogP contribution in [0.1, 0.15) is 265 Å². The first kappa shape index (κ1) is 56.6. The molecule has 0 aliphatic rings. The van der Waals surface area contributed by atoms with Gasteiger partial charge in [-0.25, -0.2) is 0 Å². The van der Waals surface area contributed by atoms with Crippen molar-refractivity contribution < 1.29 is 28.6 Å². The van der Waals surface area contributed by atoms with Gasteiger partial charge in [-0.15, -0.1) is 0 Å². The van der Waals surface area contributed by atoms with E-state index in [4.69, 9.17) is 14.2 Å². The van der Waals surface area contributed by atoms with Crippen LogP contribution in [0.15, 0.2) is 36.5 Å². The summed E-state index contributed by atoms with van der Waals surface area (Å²) in [7, 11) is 0. The van der Waals surface area contributed by atoms with E-state index in [1.807, 2.05) is 0 Å². The lowest BCUT2D eigenvalue weighted by atomic mass is 10.1. The lowest BCUT2D eigenvalue weighted by Gasteiger charge is -2.18. The molecule has 0 radical (unpaired) electrons. The molecule has 0 heterocycles. The topological polar surface area (TPSA) is 78.9 Å². The number of hydrogen-bond acceptors (Lipinski definition) is 6. The second-order valence-electron chi connectivity index (χ2n) is 17.1. The van der Waals surface area contributed by atoms with Gasteiger partial charge in [-0.3, -0.25) is 14.4 Å². The summed E-state index contributed by atoms with van der Waals surface area (Å²) in [6, 6.07) is 0. The Labute approximate surface area is 365 Å². The monoisotopic (exact) mass is 829 g/mol. The zero-order valence-corrected chi connectivity index (χ0v) is 39.3. The Hall–Kier alpha value is -2.37. The molecule has 0 spiro atoms. The summed E-state index contributed by atoms with van der Waals surface area (Å²) in [5, 5.41) is 0. The predicted molar refractivity (Wildman–Crippen MR) is 252 cm³/mol. The normalized spacial score (nSPS) is 12.3. The Kier molecular flexibility index (Phi) is 46.4. The maximum atomic E-state index is 12.7. The molecule has 6 heteroatoms. The van der Waals surface area contributed by atoms with Crippen LogP contribution in [0, 0.1) is 0 Å². The van der Waals surface area contributed by atoms with Crippen molar-refractivity contribution >= 4 is 17.9 Å². The van der Waals surface area contributed by atoms with E-state index in [1.54, 1.807) is 0 Å². The Bertz CT molecular complexity index is 1000. The van der Waals surface area contributed by atoms with Gasteiger partial charge in [0.05, 0.1) is 0 Å². The van der Waals surface area contributed by atoms with E-state index >= 15 is 0 Å². The fourth-order valence-corrected chi connectivity index (χ4v) is 7.27. The summed E-state index contributed by atoms with van der Waals surface area (Å²) in [6.07, 6.45) is 55.7. The van der Waals surface area contributed by atoms with Crippen molar-refractivity contribution in [2.45, 2.75) is 271 Å². The first-order chi connectivity index (χ1) is 29.0. The Morgan fingerprint density at radius 2 is 0.610 bits per heavy atom. The third-order valence-corrected chi connectivity index (χ3v) is 11.1. The molecule has 0 saturated carbocycles. The number of unbranched alkanes of at least 4 members (excludes halogenated alkanes) is 29. The lowest BCUT2D eigenvalue weighted by molar-refractivity contribution is -0.167. The Balaban J connectivity index is 4.18. The van der Waals surface area contributed by atoms with Gasteiger partial charge in [0.15, 0.2) is 6.10 Å². The molecule has 1 atom stereocenters. The first-order valence-electron chi connectivity index (χ1n) is 25.5. The molecule has 0 N–H and O–H groups in total. The molecule has 344 valence electrons. The standard InChI is InChI=1S/C53H96O6/c1-4-7-10-13-16-19-20-21-22-23-24-25-26-27-28-29-30-31-32-35-37-40-43-46-52(55)58-49-50(59-53(56)47-44-41-38-34-18-15-12-9-6-3)48-57-51(54)45-42-39-36-33-17-14-11-8-5-2/h20-21,23-24,26-27,50H,4-19,22,25,28-49H2,1-3H3/b21-20-,24-23-,27-26-. The highest BCUT2D eigenvalue weighted by atomic mass is 16.6. The highest BCUT2D eigenvalue weighted by Crippen LogP contribution is 2.15. The third-order valence-electron chi connectivity index (χ3n) is 11.1. The van der Waals surface area contributed by atoms with Crippen molar-refractivity contribution in [3.05, 3.63) is 36.5 Å². The van der Waals surface area contributed by atoms with Crippen LogP contribution in [-0.2, 0) is 28.6 Å². The number of hydrogen-bond donors (Lipinski definition) is 0. The number of carbonyl (C=O) groups is 3. The number of allylic oxidation sites excluding steroid dienone is 6. The molecule has 0 aliphatic heterocycles. The molecule has 59 heavy (non-hydrogen) atoms. The van der Waals surface area contributed by atoms with Crippen LogP contribution < -0.4 is 0 Å². The van der Waals surface area contributed by atoms with Crippen LogP contribution in [0.5, 0.6) is 0 Å². The van der Waals surface area contributed by atoms with E-state index in [0.29, 0.717) is 19.3 Å². The van der Waals surface area contributed by atoms with Gasteiger partial charge in [0.2, 0.25) is 0 Å². The predicted octanol–water partition coefficient (Wildman–Crippen LogP) is 16.5. The summed E-state index contributed by atoms with van der Waals surface area (Å²) in [4.78, 5) is 37.7. The maximum absolute atomic E-state index is 12.7. The van der Waals surface area contributed by atoms with Crippen LogP contribution >= 0.6 is 0 Å². The van der Waals surface area contributed by atoms with Crippen molar-refractivity contribution in [2.24, 2.45) is 0 Å². The molecule has 0 rings (SSSR count). The molecule has 0 amide bonds. The molecule has 0 saturated heterocycles. The van der Waals surface area contributed by atoms with E-state index in [-0.39, 0.29) is 31.1 Å². The molecule has 0 aliphatic carbocycles. The van der Waals surface area contributed by atoms with Gasteiger partial charge in [-0.1, -0.05) is 224 Å². The highest BCUT2D eigenvalue weighted by Gasteiger charge is 2.19. The van der Waals surface area contributed by atoms with Gasteiger partial charge in [0.25, 0.3) is 0 Å². The van der Waals surface area contributed by atoms with Gasteiger partial charge < -0.3 is 14.2 Å². The van der Waals surface area contributed by atoms with E-state index < -0.39 is 6.10 Å². The Morgan fingerprint density at radius 1 is 0.339 bits per heavy atom. The van der Waals surface area contributed by atoms with E-state index in [2.05, 4.69) is 57.2 Å². The summed E-state index contributed by atoms with van der Waals surface area (Å²) < 4.78 is 16.7. The van der Waals surface area contributed by atoms with Gasteiger partial charge in [0.1, 0.15) is 13.2 Å². The number of rotatable bonds is 46. The van der Waals surface area contributed by atoms with Crippen LogP contribution in [0.4, 0.5) is 0 Å². The smallest absolute Gasteiger partial charge is 0.306 e. The number of esters is 3. The molecule has 0 fully saturated rings.